The van der Waals surface area contributed by atoms with Gasteiger partial charge in [-0.2, -0.15) is 8.78 Å². The van der Waals surface area contributed by atoms with Crippen molar-refractivity contribution in [2.75, 3.05) is 6.54 Å². The Morgan fingerprint density at radius 2 is 2.15 bits per heavy atom. The fourth-order valence-electron chi connectivity index (χ4n) is 2.23. The molecule has 1 aliphatic heterocycles. The zero-order chi connectivity index (χ0) is 14.4. The summed E-state index contributed by atoms with van der Waals surface area (Å²) in [6.45, 7) is -1.83. The number of alkyl halides is 2. The minimum Gasteiger partial charge on any atom is -0.434 e. The Balaban J connectivity index is 1.97. The minimum absolute atomic E-state index is 0.0326. The van der Waals surface area contributed by atoms with Gasteiger partial charge in [-0.1, -0.05) is 18.2 Å². The van der Waals surface area contributed by atoms with Crippen molar-refractivity contribution in [3.05, 3.63) is 29.8 Å². The Morgan fingerprint density at radius 3 is 2.95 bits per heavy atom. The Kier molecular flexibility index (Phi) is 5.29. The second kappa shape index (κ2) is 7.19. The molecule has 1 saturated heterocycles. The summed E-state index contributed by atoms with van der Waals surface area (Å²) in [5.41, 5.74) is 0.616. The molecule has 2 rings (SSSR count). The smallest absolute Gasteiger partial charge is 0.387 e. The molecule has 1 amide bonds. The van der Waals surface area contributed by atoms with Crippen molar-refractivity contribution in [3.63, 3.8) is 0 Å². The molecule has 2 N–H and O–H groups in total. The molecule has 0 aliphatic carbocycles. The van der Waals surface area contributed by atoms with E-state index in [9.17, 15) is 13.6 Å². The molecule has 0 bridgehead atoms. The number of halogens is 2. The third kappa shape index (κ3) is 4.16. The highest BCUT2D eigenvalue weighted by Gasteiger charge is 2.20. The fraction of sp³-hybridized carbons (Fsp3) is 0.500. The molecule has 0 saturated carbocycles. The topological polar surface area (TPSA) is 50.4 Å². The van der Waals surface area contributed by atoms with Gasteiger partial charge in [-0.05, 0) is 25.3 Å². The van der Waals surface area contributed by atoms with E-state index in [0.717, 1.165) is 19.3 Å². The largest absolute Gasteiger partial charge is 0.434 e. The van der Waals surface area contributed by atoms with Gasteiger partial charge in [0.25, 0.3) is 0 Å². The number of rotatable bonds is 5. The lowest BCUT2D eigenvalue weighted by molar-refractivity contribution is -0.122. The summed E-state index contributed by atoms with van der Waals surface area (Å²) in [6.07, 6.45) is 2.68. The van der Waals surface area contributed by atoms with Crippen molar-refractivity contribution in [2.45, 2.75) is 38.5 Å². The average Bonchev–Trinajstić information content (AvgIpc) is 2.62. The molecule has 4 nitrogen and oxygen atoms in total. The van der Waals surface area contributed by atoms with Gasteiger partial charge in [-0.3, -0.25) is 4.79 Å². The molecule has 1 aromatic rings. The normalized spacial score (nSPS) is 19.6. The summed E-state index contributed by atoms with van der Waals surface area (Å²) in [4.78, 5) is 11.8. The van der Waals surface area contributed by atoms with Crippen molar-refractivity contribution < 1.29 is 18.3 Å². The number of amides is 1. The molecule has 1 aromatic carbocycles. The summed E-state index contributed by atoms with van der Waals surface area (Å²) < 4.78 is 29.1. The maximum atomic E-state index is 12.3. The molecule has 6 heteroatoms. The van der Waals surface area contributed by atoms with Crippen LogP contribution < -0.4 is 15.4 Å². The van der Waals surface area contributed by atoms with Gasteiger partial charge in [-0.15, -0.1) is 0 Å². The molecule has 1 atom stereocenters. The zero-order valence-electron chi connectivity index (χ0n) is 11.1. The molecule has 1 heterocycles. The summed E-state index contributed by atoms with van der Waals surface area (Å²) in [7, 11) is 0. The molecule has 20 heavy (non-hydrogen) atoms. The van der Waals surface area contributed by atoms with Gasteiger partial charge in [-0.25, -0.2) is 0 Å². The van der Waals surface area contributed by atoms with E-state index in [-0.39, 0.29) is 17.7 Å². The number of benzene rings is 1. The van der Waals surface area contributed by atoms with Gasteiger partial charge in [0.05, 0.1) is 6.04 Å². The van der Waals surface area contributed by atoms with E-state index in [0.29, 0.717) is 18.7 Å². The fourth-order valence-corrected chi connectivity index (χ4v) is 2.23. The Morgan fingerprint density at radius 1 is 1.35 bits per heavy atom. The van der Waals surface area contributed by atoms with Crippen molar-refractivity contribution in [1.29, 1.82) is 0 Å². The highest BCUT2D eigenvalue weighted by molar-refractivity contribution is 5.81. The molecule has 1 fully saturated rings. The van der Waals surface area contributed by atoms with Gasteiger partial charge >= 0.3 is 6.61 Å². The molecule has 1 aliphatic rings. The van der Waals surface area contributed by atoms with Gasteiger partial charge in [0.15, 0.2) is 0 Å². The van der Waals surface area contributed by atoms with Gasteiger partial charge in [0.1, 0.15) is 5.75 Å². The molecule has 0 radical (unpaired) electrons. The second-order valence-electron chi connectivity index (χ2n) is 4.71. The summed E-state index contributed by atoms with van der Waals surface area (Å²) >= 11 is 0. The number of carbonyl (C=O) groups is 1. The van der Waals surface area contributed by atoms with Crippen LogP contribution in [0.15, 0.2) is 24.3 Å². The van der Waals surface area contributed by atoms with Crippen LogP contribution in [0.5, 0.6) is 5.75 Å². The van der Waals surface area contributed by atoms with Crippen molar-refractivity contribution in [3.8, 4) is 5.75 Å². The van der Waals surface area contributed by atoms with Crippen LogP contribution in [0, 0.1) is 0 Å². The second-order valence-corrected chi connectivity index (χ2v) is 4.71. The van der Waals surface area contributed by atoms with Crippen LogP contribution in [0.1, 0.15) is 24.8 Å². The number of hydrogen-bond donors (Lipinski definition) is 2. The monoisotopic (exact) mass is 284 g/mol. The van der Waals surface area contributed by atoms with Crippen LogP contribution in [0.25, 0.3) is 0 Å². The number of ether oxygens (including phenoxy) is 1. The zero-order valence-corrected chi connectivity index (χ0v) is 11.1. The minimum atomic E-state index is -2.85. The molecule has 0 aromatic heterocycles. The molecule has 0 spiro atoms. The van der Waals surface area contributed by atoms with E-state index in [1.807, 2.05) is 0 Å². The first-order chi connectivity index (χ1) is 9.66. The lowest BCUT2D eigenvalue weighted by Gasteiger charge is -2.17. The first-order valence-corrected chi connectivity index (χ1v) is 6.70. The molecular formula is C14H18F2N2O2. The van der Waals surface area contributed by atoms with E-state index < -0.39 is 6.61 Å². The van der Waals surface area contributed by atoms with Crippen LogP contribution >= 0.6 is 0 Å². The van der Waals surface area contributed by atoms with Crippen LogP contribution in [0.2, 0.25) is 0 Å². The standard InChI is InChI=1S/C14H18F2N2O2/c15-14(16)20-12-7-2-1-5-10(12)9-18-11-6-3-4-8-17-13(11)19/h1-2,5,7,11,14,18H,3-4,6,8-9H2,(H,17,19)/t11-/m1/s1. The summed E-state index contributed by atoms with van der Waals surface area (Å²) in [6, 6.07) is 6.31. The quantitative estimate of drug-likeness (QED) is 0.870. The summed E-state index contributed by atoms with van der Waals surface area (Å²) in [5.74, 6) is 0.110. The Hall–Kier alpha value is -1.69. The highest BCUT2D eigenvalue weighted by Crippen LogP contribution is 2.20. The lowest BCUT2D eigenvalue weighted by atomic mass is 10.1. The molecule has 0 unspecified atom stereocenters. The predicted octanol–water partition coefficient (Wildman–Crippen LogP) is 2.05. The van der Waals surface area contributed by atoms with E-state index in [2.05, 4.69) is 15.4 Å². The number of hydrogen-bond acceptors (Lipinski definition) is 3. The van der Waals surface area contributed by atoms with Crippen LogP contribution in [-0.4, -0.2) is 25.1 Å². The Labute approximate surface area is 116 Å². The number of carbonyl (C=O) groups excluding carboxylic acids is 1. The Bertz CT molecular complexity index is 455. The van der Waals surface area contributed by atoms with Gasteiger partial charge in [0.2, 0.25) is 5.91 Å². The average molecular weight is 284 g/mol. The van der Waals surface area contributed by atoms with Gasteiger partial charge in [0, 0.05) is 18.7 Å². The molecular weight excluding hydrogens is 266 g/mol. The maximum absolute atomic E-state index is 12.3. The van der Waals surface area contributed by atoms with Crippen LogP contribution in [0.3, 0.4) is 0 Å². The maximum Gasteiger partial charge on any atom is 0.387 e. The highest BCUT2D eigenvalue weighted by atomic mass is 19.3. The first kappa shape index (κ1) is 14.7. The van der Waals surface area contributed by atoms with Crippen LogP contribution in [0.4, 0.5) is 8.78 Å². The molecule has 110 valence electrons. The van der Waals surface area contributed by atoms with E-state index >= 15 is 0 Å². The van der Waals surface area contributed by atoms with Crippen LogP contribution in [-0.2, 0) is 11.3 Å². The third-order valence-electron chi connectivity index (χ3n) is 3.26. The first-order valence-electron chi connectivity index (χ1n) is 6.70. The van der Waals surface area contributed by atoms with Crippen molar-refractivity contribution >= 4 is 5.91 Å². The number of para-hydroxylation sites is 1. The third-order valence-corrected chi connectivity index (χ3v) is 3.26. The summed E-state index contributed by atoms with van der Waals surface area (Å²) in [5, 5.41) is 5.93. The number of nitrogens with one attached hydrogen (secondary N) is 2. The lowest BCUT2D eigenvalue weighted by Crippen LogP contribution is -2.42. The predicted molar refractivity (Wildman–Crippen MR) is 70.6 cm³/mol. The van der Waals surface area contributed by atoms with Crippen molar-refractivity contribution in [2.24, 2.45) is 0 Å². The SMILES string of the molecule is O=C1NCCCC[C@H]1NCc1ccccc1OC(F)F. The van der Waals surface area contributed by atoms with E-state index in [1.54, 1.807) is 18.2 Å². The van der Waals surface area contributed by atoms with E-state index in [1.165, 1.54) is 6.07 Å². The van der Waals surface area contributed by atoms with Gasteiger partial charge < -0.3 is 15.4 Å². The van der Waals surface area contributed by atoms with Crippen molar-refractivity contribution in [1.82, 2.24) is 10.6 Å². The van der Waals surface area contributed by atoms with E-state index in [4.69, 9.17) is 0 Å².